The minimum atomic E-state index is -0.721. The van der Waals surface area contributed by atoms with Crippen molar-refractivity contribution in [2.24, 2.45) is 0 Å². The number of hydrogen-bond donors (Lipinski definition) is 1. The van der Waals surface area contributed by atoms with E-state index in [4.69, 9.17) is 9.84 Å². The van der Waals surface area contributed by atoms with Crippen molar-refractivity contribution < 1.29 is 14.6 Å². The molecular formula is C24H27NO3. The van der Waals surface area contributed by atoms with Crippen molar-refractivity contribution in [3.8, 4) is 5.75 Å². The molecule has 2 aromatic carbocycles. The van der Waals surface area contributed by atoms with Crippen LogP contribution in [0.2, 0.25) is 0 Å². The molecule has 28 heavy (non-hydrogen) atoms. The number of ether oxygens (including phenoxy) is 1. The van der Waals surface area contributed by atoms with Crippen LogP contribution in [0.3, 0.4) is 0 Å². The normalized spacial score (nSPS) is 18.3. The molecule has 2 aliphatic heterocycles. The zero-order chi connectivity index (χ0) is 19.6. The highest BCUT2D eigenvalue weighted by molar-refractivity contribution is 5.71. The highest BCUT2D eigenvalue weighted by atomic mass is 16.5. The summed E-state index contributed by atoms with van der Waals surface area (Å²) in [6.07, 6.45) is 6.55. The van der Waals surface area contributed by atoms with Gasteiger partial charge in [0, 0.05) is 17.5 Å². The minimum Gasteiger partial charge on any atom is -0.492 e. The maximum Gasteiger partial charge on any atom is 0.304 e. The number of piperidine rings is 1. The van der Waals surface area contributed by atoms with E-state index in [-0.39, 0.29) is 11.8 Å². The molecule has 1 fully saturated rings. The number of carbonyl (C=O) groups is 1. The lowest BCUT2D eigenvalue weighted by atomic mass is 9.74. The summed E-state index contributed by atoms with van der Waals surface area (Å²) in [5, 5.41) is 8.88. The number of carboxylic acids is 1. The molecule has 2 heterocycles. The Kier molecular flexibility index (Phi) is 5.23. The van der Waals surface area contributed by atoms with Gasteiger partial charge in [-0.05, 0) is 50.0 Å². The summed E-state index contributed by atoms with van der Waals surface area (Å²) in [5.41, 5.74) is 5.02. The monoisotopic (exact) mass is 377 g/mol. The van der Waals surface area contributed by atoms with Gasteiger partial charge in [-0.15, -0.1) is 0 Å². The van der Waals surface area contributed by atoms with Gasteiger partial charge in [-0.25, -0.2) is 0 Å². The topological polar surface area (TPSA) is 49.8 Å². The first-order chi connectivity index (χ1) is 13.5. The van der Waals surface area contributed by atoms with Gasteiger partial charge in [0.25, 0.3) is 0 Å². The van der Waals surface area contributed by atoms with Crippen LogP contribution in [0.25, 0.3) is 12.2 Å². The summed E-state index contributed by atoms with van der Waals surface area (Å²) < 4.78 is 6.09. The molecule has 146 valence electrons. The Morgan fingerprint density at radius 1 is 1.14 bits per heavy atom. The SMILES string of the molecule is Cc1cccc(C=Cc2ccc3c(c2)OCC32CCN(CCC(=O)O)CC2)c1. The molecule has 0 unspecified atom stereocenters. The molecule has 1 saturated heterocycles. The van der Waals surface area contributed by atoms with E-state index in [1.54, 1.807) is 0 Å². The summed E-state index contributed by atoms with van der Waals surface area (Å²) in [5.74, 6) is 0.284. The number of aliphatic carboxylic acids is 1. The number of benzene rings is 2. The number of hydrogen-bond acceptors (Lipinski definition) is 3. The average molecular weight is 377 g/mol. The van der Waals surface area contributed by atoms with E-state index < -0.39 is 5.97 Å². The molecular weight excluding hydrogens is 350 g/mol. The molecule has 0 bridgehead atoms. The number of fused-ring (bicyclic) bond motifs is 2. The van der Waals surface area contributed by atoms with Gasteiger partial charge in [-0.3, -0.25) is 4.79 Å². The summed E-state index contributed by atoms with van der Waals surface area (Å²) in [4.78, 5) is 13.1. The van der Waals surface area contributed by atoms with Crippen LogP contribution >= 0.6 is 0 Å². The molecule has 1 N–H and O–H groups in total. The van der Waals surface area contributed by atoms with Crippen LogP contribution < -0.4 is 4.74 Å². The standard InChI is InChI=1S/C24H27NO3/c1-18-3-2-4-19(15-18)5-6-20-7-8-21-22(16-20)28-17-24(21)10-13-25(14-11-24)12-9-23(26)27/h2-8,15-16H,9-14,17H2,1H3,(H,26,27). The van der Waals surface area contributed by atoms with Crippen LogP contribution in [0.5, 0.6) is 5.75 Å². The van der Waals surface area contributed by atoms with Gasteiger partial charge in [0.2, 0.25) is 0 Å². The molecule has 4 nitrogen and oxygen atoms in total. The van der Waals surface area contributed by atoms with Crippen molar-refractivity contribution in [2.45, 2.75) is 31.6 Å². The summed E-state index contributed by atoms with van der Waals surface area (Å²) in [6, 6.07) is 15.0. The quantitative estimate of drug-likeness (QED) is 0.787. The third-order valence-corrected chi connectivity index (χ3v) is 6.05. The van der Waals surface area contributed by atoms with Crippen molar-refractivity contribution in [1.29, 1.82) is 0 Å². The highest BCUT2D eigenvalue weighted by Crippen LogP contribution is 2.45. The number of likely N-dealkylation sites (tertiary alicyclic amines) is 1. The summed E-state index contributed by atoms with van der Waals surface area (Å²) in [7, 11) is 0. The van der Waals surface area contributed by atoms with E-state index >= 15 is 0 Å². The molecule has 4 rings (SSSR count). The predicted molar refractivity (Wildman–Crippen MR) is 112 cm³/mol. The first-order valence-corrected chi connectivity index (χ1v) is 10.0. The Balaban J connectivity index is 1.45. The molecule has 0 aromatic heterocycles. The molecule has 4 heteroatoms. The Bertz CT molecular complexity index is 894. The van der Waals surface area contributed by atoms with Crippen molar-refractivity contribution in [1.82, 2.24) is 4.90 Å². The smallest absolute Gasteiger partial charge is 0.304 e. The number of aryl methyl sites for hydroxylation is 1. The molecule has 0 amide bonds. The van der Waals surface area contributed by atoms with Crippen LogP contribution in [0, 0.1) is 6.92 Å². The van der Waals surface area contributed by atoms with E-state index in [1.807, 2.05) is 0 Å². The maximum absolute atomic E-state index is 10.8. The fourth-order valence-corrected chi connectivity index (χ4v) is 4.33. The molecule has 0 atom stereocenters. The van der Waals surface area contributed by atoms with Gasteiger partial charge in [-0.1, -0.05) is 54.1 Å². The lowest BCUT2D eigenvalue weighted by Crippen LogP contribution is -2.44. The van der Waals surface area contributed by atoms with Gasteiger partial charge < -0.3 is 14.7 Å². The van der Waals surface area contributed by atoms with Gasteiger partial charge in [-0.2, -0.15) is 0 Å². The number of nitrogens with zero attached hydrogens (tertiary/aromatic N) is 1. The fourth-order valence-electron chi connectivity index (χ4n) is 4.33. The third kappa shape index (κ3) is 3.97. The van der Waals surface area contributed by atoms with Gasteiger partial charge >= 0.3 is 5.97 Å². The minimum absolute atomic E-state index is 0.0911. The second-order valence-electron chi connectivity index (χ2n) is 8.06. The van der Waals surface area contributed by atoms with Crippen LogP contribution in [-0.4, -0.2) is 42.2 Å². The molecule has 0 aliphatic carbocycles. The third-order valence-electron chi connectivity index (χ3n) is 6.05. The summed E-state index contributed by atoms with van der Waals surface area (Å²) in [6.45, 7) is 5.35. The van der Waals surface area contributed by atoms with Crippen molar-refractivity contribution in [3.05, 3.63) is 64.7 Å². The molecule has 2 aliphatic rings. The zero-order valence-corrected chi connectivity index (χ0v) is 16.4. The van der Waals surface area contributed by atoms with Crippen molar-refractivity contribution >= 4 is 18.1 Å². The van der Waals surface area contributed by atoms with E-state index in [1.165, 1.54) is 16.7 Å². The predicted octanol–water partition coefficient (Wildman–Crippen LogP) is 4.37. The van der Waals surface area contributed by atoms with Crippen LogP contribution in [-0.2, 0) is 10.2 Å². The molecule has 0 saturated carbocycles. The Morgan fingerprint density at radius 3 is 2.61 bits per heavy atom. The Morgan fingerprint density at radius 2 is 1.89 bits per heavy atom. The summed E-state index contributed by atoms with van der Waals surface area (Å²) >= 11 is 0. The number of carboxylic acid groups (broad SMARTS) is 1. The van der Waals surface area contributed by atoms with Crippen molar-refractivity contribution in [2.75, 3.05) is 26.2 Å². The molecule has 0 radical (unpaired) electrons. The van der Waals surface area contributed by atoms with Crippen molar-refractivity contribution in [3.63, 3.8) is 0 Å². The van der Waals surface area contributed by atoms with E-state index in [2.05, 4.69) is 66.4 Å². The maximum atomic E-state index is 10.8. The fraction of sp³-hybridized carbons (Fsp3) is 0.375. The van der Waals surface area contributed by atoms with Gasteiger partial charge in [0.1, 0.15) is 5.75 Å². The largest absolute Gasteiger partial charge is 0.492 e. The first-order valence-electron chi connectivity index (χ1n) is 10.0. The van der Waals surface area contributed by atoms with Gasteiger partial charge in [0.05, 0.1) is 13.0 Å². The first kappa shape index (κ1) is 18.8. The van der Waals surface area contributed by atoms with E-state index in [0.29, 0.717) is 6.54 Å². The second kappa shape index (κ2) is 7.80. The lowest BCUT2D eigenvalue weighted by molar-refractivity contribution is -0.137. The van der Waals surface area contributed by atoms with Crippen LogP contribution in [0.15, 0.2) is 42.5 Å². The Hall–Kier alpha value is -2.59. The van der Waals surface area contributed by atoms with Crippen LogP contribution in [0.1, 0.15) is 41.5 Å². The van der Waals surface area contributed by atoms with Crippen LogP contribution in [0.4, 0.5) is 0 Å². The molecule has 2 aromatic rings. The zero-order valence-electron chi connectivity index (χ0n) is 16.4. The lowest BCUT2D eigenvalue weighted by Gasteiger charge is -2.38. The highest BCUT2D eigenvalue weighted by Gasteiger charge is 2.42. The van der Waals surface area contributed by atoms with E-state index in [9.17, 15) is 4.79 Å². The van der Waals surface area contributed by atoms with Gasteiger partial charge in [0.15, 0.2) is 0 Å². The Labute approximate surface area is 166 Å². The molecule has 1 spiro atoms. The second-order valence-corrected chi connectivity index (χ2v) is 8.06. The number of rotatable bonds is 5. The van der Waals surface area contributed by atoms with E-state index in [0.717, 1.165) is 43.9 Å². The average Bonchev–Trinajstić information content (AvgIpc) is 3.04.